The van der Waals surface area contributed by atoms with Gasteiger partial charge in [0.1, 0.15) is 6.07 Å². The van der Waals surface area contributed by atoms with Gasteiger partial charge in [0.2, 0.25) is 0 Å². The van der Waals surface area contributed by atoms with Crippen LogP contribution < -0.4 is 11.1 Å². The van der Waals surface area contributed by atoms with E-state index in [2.05, 4.69) is 5.32 Å². The zero-order valence-corrected chi connectivity index (χ0v) is 11.5. The fourth-order valence-electron chi connectivity index (χ4n) is 1.21. The highest BCUT2D eigenvalue weighted by Crippen LogP contribution is 2.20. The molecule has 0 aliphatic rings. The first kappa shape index (κ1) is 14.3. The maximum absolute atomic E-state index is 11.5. The lowest BCUT2D eigenvalue weighted by Gasteiger charge is -2.23. The largest absolute Gasteiger partial charge is 0.398 e. The summed E-state index contributed by atoms with van der Waals surface area (Å²) in [5, 5.41) is 11.9. The maximum atomic E-state index is 11.5. The van der Waals surface area contributed by atoms with Crippen molar-refractivity contribution in [2.45, 2.75) is 18.6 Å². The summed E-state index contributed by atoms with van der Waals surface area (Å²) in [6, 6.07) is 6.92. The van der Waals surface area contributed by atoms with E-state index in [0.29, 0.717) is 16.9 Å². The Kier molecular flexibility index (Phi) is 3.87. The van der Waals surface area contributed by atoms with Crippen molar-refractivity contribution < 1.29 is 8.42 Å². The Bertz CT molecular complexity index is 586. The molecule has 3 N–H and O–H groups in total. The average molecular weight is 267 g/mol. The third kappa shape index (κ3) is 3.14. The molecule has 0 heterocycles. The normalized spacial score (nSPS) is 11.9. The standard InChI is InChI=1S/C12H17N3O2S/c1-12(2,18(3,16)17)8-15-10-4-5-11(14)9(6-10)7-13/h4-6,15H,8,14H2,1-3H3. The van der Waals surface area contributed by atoms with Gasteiger partial charge in [-0.2, -0.15) is 5.26 Å². The second-order valence-electron chi connectivity index (χ2n) is 4.80. The third-order valence-corrected chi connectivity index (χ3v) is 5.05. The van der Waals surface area contributed by atoms with Crippen LogP contribution in [0, 0.1) is 11.3 Å². The van der Waals surface area contributed by atoms with Crippen molar-refractivity contribution >= 4 is 21.2 Å². The van der Waals surface area contributed by atoms with Gasteiger partial charge in [-0.1, -0.05) is 0 Å². The minimum atomic E-state index is -3.15. The van der Waals surface area contributed by atoms with Gasteiger partial charge in [0.25, 0.3) is 0 Å². The van der Waals surface area contributed by atoms with Crippen LogP contribution in [0.3, 0.4) is 0 Å². The number of hydrogen-bond acceptors (Lipinski definition) is 5. The Balaban J connectivity index is 2.86. The number of anilines is 2. The molecule has 0 atom stereocenters. The molecule has 0 bridgehead atoms. The molecule has 5 nitrogen and oxygen atoms in total. The van der Waals surface area contributed by atoms with Crippen LogP contribution in [-0.4, -0.2) is 26.0 Å². The molecule has 1 aromatic rings. The molecule has 6 heteroatoms. The maximum Gasteiger partial charge on any atom is 0.154 e. The van der Waals surface area contributed by atoms with E-state index >= 15 is 0 Å². The molecule has 1 rings (SSSR count). The number of sulfone groups is 1. The molecular weight excluding hydrogens is 250 g/mol. The number of hydrogen-bond donors (Lipinski definition) is 2. The highest BCUT2D eigenvalue weighted by molar-refractivity contribution is 7.92. The van der Waals surface area contributed by atoms with Crippen LogP contribution in [-0.2, 0) is 9.84 Å². The minimum absolute atomic E-state index is 0.265. The summed E-state index contributed by atoms with van der Waals surface area (Å²) in [7, 11) is -3.15. The summed E-state index contributed by atoms with van der Waals surface area (Å²) in [5.74, 6) is 0. The van der Waals surface area contributed by atoms with Crippen molar-refractivity contribution in [1.29, 1.82) is 5.26 Å². The summed E-state index contributed by atoms with van der Waals surface area (Å²) >= 11 is 0. The molecule has 0 spiro atoms. The Hall–Kier alpha value is -1.74. The molecule has 0 saturated carbocycles. The van der Waals surface area contributed by atoms with E-state index in [9.17, 15) is 8.42 Å². The lowest BCUT2D eigenvalue weighted by Crippen LogP contribution is -2.38. The van der Waals surface area contributed by atoms with Crippen LogP contribution in [0.5, 0.6) is 0 Å². The Labute approximate surface area is 108 Å². The first-order valence-electron chi connectivity index (χ1n) is 5.40. The van der Waals surface area contributed by atoms with Crippen LogP contribution >= 0.6 is 0 Å². The number of nitrogens with one attached hydrogen (secondary N) is 1. The van der Waals surface area contributed by atoms with Gasteiger partial charge in [0, 0.05) is 24.2 Å². The van der Waals surface area contributed by atoms with Gasteiger partial charge in [0.15, 0.2) is 9.84 Å². The second kappa shape index (κ2) is 4.86. The van der Waals surface area contributed by atoms with Crippen molar-refractivity contribution in [2.24, 2.45) is 0 Å². The summed E-state index contributed by atoms with van der Waals surface area (Å²) in [6.07, 6.45) is 1.21. The van der Waals surface area contributed by atoms with Gasteiger partial charge in [-0.05, 0) is 32.0 Å². The number of nitrogens with zero attached hydrogens (tertiary/aromatic N) is 1. The van der Waals surface area contributed by atoms with Crippen LogP contribution in [0.1, 0.15) is 19.4 Å². The predicted molar refractivity (Wildman–Crippen MR) is 73.0 cm³/mol. The van der Waals surface area contributed by atoms with E-state index in [0.717, 1.165) is 0 Å². The van der Waals surface area contributed by atoms with Gasteiger partial charge < -0.3 is 11.1 Å². The van der Waals surface area contributed by atoms with Gasteiger partial charge in [-0.15, -0.1) is 0 Å². The van der Waals surface area contributed by atoms with Gasteiger partial charge >= 0.3 is 0 Å². The van der Waals surface area contributed by atoms with Crippen molar-refractivity contribution in [3.63, 3.8) is 0 Å². The van der Waals surface area contributed by atoms with E-state index in [-0.39, 0.29) is 6.54 Å². The molecule has 0 radical (unpaired) electrons. The fraction of sp³-hybridized carbons (Fsp3) is 0.417. The molecule has 0 saturated heterocycles. The Morgan fingerprint density at radius 1 is 1.44 bits per heavy atom. The highest BCUT2D eigenvalue weighted by Gasteiger charge is 2.29. The van der Waals surface area contributed by atoms with Crippen LogP contribution in [0.2, 0.25) is 0 Å². The lowest BCUT2D eigenvalue weighted by molar-refractivity contribution is 0.560. The molecular formula is C12H17N3O2S. The van der Waals surface area contributed by atoms with E-state index in [1.807, 2.05) is 6.07 Å². The van der Waals surface area contributed by atoms with E-state index in [1.54, 1.807) is 32.0 Å². The number of nitriles is 1. The quantitative estimate of drug-likeness (QED) is 0.803. The van der Waals surface area contributed by atoms with E-state index in [4.69, 9.17) is 11.0 Å². The van der Waals surface area contributed by atoms with Gasteiger partial charge in [-0.25, -0.2) is 8.42 Å². The topological polar surface area (TPSA) is 96.0 Å². The number of benzene rings is 1. The van der Waals surface area contributed by atoms with Crippen LogP contribution in [0.15, 0.2) is 18.2 Å². The summed E-state index contributed by atoms with van der Waals surface area (Å²) in [4.78, 5) is 0. The predicted octanol–water partition coefficient (Wildman–Crippen LogP) is 1.38. The van der Waals surface area contributed by atoms with Crippen molar-refractivity contribution in [3.8, 4) is 6.07 Å². The first-order valence-corrected chi connectivity index (χ1v) is 7.29. The molecule has 0 unspecified atom stereocenters. The molecule has 18 heavy (non-hydrogen) atoms. The highest BCUT2D eigenvalue weighted by atomic mass is 32.2. The number of nitrogen functional groups attached to an aromatic ring is 1. The molecule has 98 valence electrons. The number of nitrogens with two attached hydrogens (primary N) is 1. The summed E-state index contributed by atoms with van der Waals surface area (Å²) in [5.41, 5.74) is 7.06. The monoisotopic (exact) mass is 267 g/mol. The van der Waals surface area contributed by atoms with Gasteiger partial charge in [0.05, 0.1) is 10.3 Å². The minimum Gasteiger partial charge on any atom is -0.398 e. The Morgan fingerprint density at radius 2 is 2.06 bits per heavy atom. The zero-order chi connectivity index (χ0) is 14.0. The third-order valence-electron chi connectivity index (χ3n) is 2.90. The van der Waals surface area contributed by atoms with Gasteiger partial charge in [-0.3, -0.25) is 0 Å². The smallest absolute Gasteiger partial charge is 0.154 e. The molecule has 0 amide bonds. The molecule has 0 fully saturated rings. The average Bonchev–Trinajstić information content (AvgIpc) is 2.26. The SMILES string of the molecule is CC(C)(CNc1ccc(N)c(C#N)c1)S(C)(=O)=O. The van der Waals surface area contributed by atoms with Crippen molar-refractivity contribution in [2.75, 3.05) is 23.9 Å². The molecule has 1 aromatic carbocycles. The molecule has 0 aliphatic carbocycles. The van der Waals surface area contributed by atoms with E-state index < -0.39 is 14.6 Å². The number of rotatable bonds is 4. The van der Waals surface area contributed by atoms with Crippen LogP contribution in [0.25, 0.3) is 0 Å². The van der Waals surface area contributed by atoms with Crippen molar-refractivity contribution in [1.82, 2.24) is 0 Å². The van der Waals surface area contributed by atoms with Crippen molar-refractivity contribution in [3.05, 3.63) is 23.8 Å². The van der Waals surface area contributed by atoms with Crippen LogP contribution in [0.4, 0.5) is 11.4 Å². The fourth-order valence-corrected chi connectivity index (χ4v) is 1.54. The first-order chi connectivity index (χ1) is 8.17. The molecule has 0 aromatic heterocycles. The zero-order valence-electron chi connectivity index (χ0n) is 10.7. The Morgan fingerprint density at radius 3 is 2.56 bits per heavy atom. The summed E-state index contributed by atoms with van der Waals surface area (Å²) < 4.78 is 22.2. The van der Waals surface area contributed by atoms with E-state index in [1.165, 1.54) is 6.26 Å². The second-order valence-corrected chi connectivity index (χ2v) is 7.45. The lowest BCUT2D eigenvalue weighted by atomic mass is 10.1. The summed E-state index contributed by atoms with van der Waals surface area (Å²) in [6.45, 7) is 3.57. The molecule has 0 aliphatic heterocycles.